The molecule has 4 aromatic heterocycles. The maximum atomic E-state index is 6.30. The van der Waals surface area contributed by atoms with E-state index in [0.717, 1.165) is 54.2 Å². The van der Waals surface area contributed by atoms with Crippen LogP contribution in [0.5, 0.6) is 0 Å². The van der Waals surface area contributed by atoms with Gasteiger partial charge in [-0.3, -0.25) is 8.80 Å². The Bertz CT molecular complexity index is 6500. The van der Waals surface area contributed by atoms with Crippen LogP contribution in [0.3, 0.4) is 0 Å². The van der Waals surface area contributed by atoms with Crippen LogP contribution in [-0.2, 0) is 9.31 Å². The number of imidazole rings is 2. The highest BCUT2D eigenvalue weighted by Gasteiger charge is 2.51. The predicted molar refractivity (Wildman–Crippen MR) is 409 cm³/mol. The number of aromatic nitrogens is 4. The van der Waals surface area contributed by atoms with E-state index in [1.165, 1.54) is 130 Å². The Kier molecular flexibility index (Phi) is 12.7. The van der Waals surface area contributed by atoms with Crippen LogP contribution in [0.15, 0.2) is 296 Å². The van der Waals surface area contributed by atoms with Crippen LogP contribution in [-0.4, -0.2) is 37.1 Å². The monoisotopic (exact) mass is 1290 g/mol. The molecule has 1 fully saturated rings. The average molecular weight is 1300 g/mol. The molecule has 0 N–H and O–H groups in total. The van der Waals surface area contributed by atoms with E-state index in [1.54, 1.807) is 0 Å². The second-order valence-electron chi connectivity index (χ2n) is 26.7. The van der Waals surface area contributed by atoms with Gasteiger partial charge in [-0.25, -0.2) is 9.97 Å². The van der Waals surface area contributed by atoms with E-state index < -0.39 is 0 Å². The number of hydrogen-bond donors (Lipinski definition) is 0. The van der Waals surface area contributed by atoms with Crippen molar-refractivity contribution in [2.45, 2.75) is 38.9 Å². The lowest BCUT2D eigenvalue weighted by Gasteiger charge is -2.32. The van der Waals surface area contributed by atoms with Crippen molar-refractivity contribution in [2.24, 2.45) is 0 Å². The summed E-state index contributed by atoms with van der Waals surface area (Å²) in [6.45, 7) is 8.35. The zero-order chi connectivity index (χ0) is 64.1. The number of rotatable bonds is 4. The van der Waals surface area contributed by atoms with Crippen LogP contribution in [0.2, 0.25) is 0 Å². The Hall–Kier alpha value is -11.0. The van der Waals surface area contributed by atoms with Crippen molar-refractivity contribution in [1.82, 2.24) is 18.8 Å². The highest BCUT2D eigenvalue weighted by atomic mass is 79.9. The smallest absolute Gasteiger partial charge is 0.399 e. The number of benzene rings is 16. The van der Waals surface area contributed by atoms with Crippen molar-refractivity contribution >= 4 is 170 Å². The zero-order valence-electron chi connectivity index (χ0n) is 53.3. The van der Waals surface area contributed by atoms with E-state index in [-0.39, 0.29) is 18.3 Å². The van der Waals surface area contributed by atoms with Crippen LogP contribution >= 0.6 is 15.9 Å². The number of pyridine rings is 2. The van der Waals surface area contributed by atoms with Gasteiger partial charge in [0, 0.05) is 26.0 Å². The molecule has 96 heavy (non-hydrogen) atoms. The lowest BCUT2D eigenvalue weighted by Crippen LogP contribution is -2.41. The fourth-order valence-electron chi connectivity index (χ4n) is 15.4. The molecule has 8 heteroatoms. The van der Waals surface area contributed by atoms with Gasteiger partial charge in [0.1, 0.15) is 11.3 Å². The van der Waals surface area contributed by atoms with Crippen LogP contribution in [0.25, 0.3) is 175 Å². The van der Waals surface area contributed by atoms with Crippen molar-refractivity contribution < 1.29 is 9.31 Å². The first-order valence-electron chi connectivity index (χ1n) is 33.0. The van der Waals surface area contributed by atoms with E-state index in [0.29, 0.717) is 0 Å². The molecule has 0 atom stereocenters. The number of fused-ring (bicyclic) bond motifs is 16. The summed E-state index contributed by atoms with van der Waals surface area (Å²) in [7, 11) is -0.381. The molecule has 0 amide bonds. The SMILES string of the molecule is Brc1ccc(-c2ccc3ccc4cccc5ccc2c3c45)cc1.CC1(C)OB(c2ccc3c(c2)c2ccccc2n2c4ccccc4nc32)OC1(C)C.c1cc2ccc3ccc(-c4ccc(-c5ccc6c(c5)c5ccccc5n5c7ccccc7nc65)cc4)c4ccc(c1)c2c34. The van der Waals surface area contributed by atoms with Gasteiger partial charge in [-0.15, -0.1) is 0 Å². The van der Waals surface area contributed by atoms with Crippen LogP contribution in [0.4, 0.5) is 0 Å². The number of hydrogen-bond acceptors (Lipinski definition) is 4. The largest absolute Gasteiger partial charge is 0.494 e. The average Bonchev–Trinajstić information content (AvgIpc) is 1.51. The molecule has 0 radical (unpaired) electrons. The lowest BCUT2D eigenvalue weighted by atomic mass is 9.78. The topological polar surface area (TPSA) is 53.1 Å². The first-order valence-corrected chi connectivity index (χ1v) is 33.8. The third-order valence-electron chi connectivity index (χ3n) is 20.8. The third kappa shape index (κ3) is 8.79. The quantitative estimate of drug-likeness (QED) is 0.130. The Morgan fingerprint density at radius 1 is 0.302 bits per heavy atom. The lowest BCUT2D eigenvalue weighted by molar-refractivity contribution is 0.00578. The second kappa shape index (κ2) is 21.5. The highest BCUT2D eigenvalue weighted by molar-refractivity contribution is 9.10. The van der Waals surface area contributed by atoms with Crippen molar-refractivity contribution in [1.29, 1.82) is 0 Å². The van der Waals surface area contributed by atoms with Gasteiger partial charge in [-0.1, -0.05) is 246 Å². The molecule has 1 aliphatic rings. The standard InChI is InChI=1S/C41H24N2.C25H23BN2O2.C22H13Br/c1-3-10-37-32(8-1)35-24-30(20-23-34(35)41-42-36-9-2-4-11-38(36)43(37)41)25-12-14-26(15-13-25)31-21-18-29-17-16-27-6-5-7-28-19-22-33(31)40(29)39(27)28;1-24(2)25(3,4)30-26(29-24)16-13-14-18-19(15-16)17-9-5-7-11-21(17)28-22-12-8-6-10-20(22)27-23(18)28;23-18-10-6-14(7-11-18)19-12-8-17-5-4-15-2-1-3-16-9-13-20(19)22(17)21(15)16/h1-24H;5-15H,1-4H3;1-13H. The van der Waals surface area contributed by atoms with E-state index >= 15 is 0 Å². The van der Waals surface area contributed by atoms with Gasteiger partial charge >= 0.3 is 7.12 Å². The molecular formula is C88H60BBrN4O2. The molecule has 454 valence electrons. The molecule has 0 spiro atoms. The number of nitrogens with zero attached hydrogens (tertiary/aromatic N) is 4. The molecule has 5 heterocycles. The molecule has 0 aliphatic carbocycles. The Morgan fingerprint density at radius 2 is 0.677 bits per heavy atom. The second-order valence-corrected chi connectivity index (χ2v) is 27.6. The summed E-state index contributed by atoms with van der Waals surface area (Å²) in [6, 6.07) is 105. The Balaban J connectivity index is 0.000000107. The van der Waals surface area contributed by atoms with Gasteiger partial charge in [0.2, 0.25) is 0 Å². The highest BCUT2D eigenvalue weighted by Crippen LogP contribution is 2.44. The molecule has 21 rings (SSSR count). The maximum absolute atomic E-state index is 6.30. The minimum Gasteiger partial charge on any atom is -0.399 e. The van der Waals surface area contributed by atoms with Gasteiger partial charge in [0.05, 0.1) is 44.3 Å². The zero-order valence-corrected chi connectivity index (χ0v) is 54.9. The molecule has 1 aliphatic heterocycles. The van der Waals surface area contributed by atoms with Gasteiger partial charge in [0.15, 0.2) is 0 Å². The van der Waals surface area contributed by atoms with Crippen molar-refractivity contribution in [2.75, 3.05) is 0 Å². The van der Waals surface area contributed by atoms with Crippen molar-refractivity contribution in [3.8, 4) is 33.4 Å². The molecular weight excluding hydrogens is 1240 g/mol. The first-order chi connectivity index (χ1) is 47.0. The summed E-state index contributed by atoms with van der Waals surface area (Å²) in [6.07, 6.45) is 0. The summed E-state index contributed by atoms with van der Waals surface area (Å²) in [5.41, 5.74) is 16.4. The summed E-state index contributed by atoms with van der Waals surface area (Å²) >= 11 is 3.52. The number of halogens is 1. The Morgan fingerprint density at radius 3 is 1.18 bits per heavy atom. The molecule has 16 aromatic carbocycles. The number of para-hydroxylation sites is 6. The van der Waals surface area contributed by atoms with Gasteiger partial charge < -0.3 is 9.31 Å². The summed E-state index contributed by atoms with van der Waals surface area (Å²) in [4.78, 5) is 10.0. The van der Waals surface area contributed by atoms with Crippen molar-refractivity contribution in [3.05, 3.63) is 296 Å². The fraction of sp³-hybridized carbons (Fsp3) is 0.0682. The van der Waals surface area contributed by atoms with Crippen molar-refractivity contribution in [3.63, 3.8) is 0 Å². The van der Waals surface area contributed by atoms with Crippen LogP contribution in [0.1, 0.15) is 27.7 Å². The van der Waals surface area contributed by atoms with Gasteiger partial charge in [0.25, 0.3) is 0 Å². The summed E-state index contributed by atoms with van der Waals surface area (Å²) in [5.74, 6) is 0. The molecule has 0 saturated carbocycles. The molecule has 0 bridgehead atoms. The Labute approximate surface area is 562 Å². The van der Waals surface area contributed by atoms with Crippen LogP contribution < -0.4 is 5.46 Å². The van der Waals surface area contributed by atoms with Crippen LogP contribution in [0, 0.1) is 0 Å². The normalized spacial score (nSPS) is 13.9. The van der Waals surface area contributed by atoms with E-state index in [4.69, 9.17) is 19.3 Å². The van der Waals surface area contributed by atoms with E-state index in [1.807, 2.05) is 6.07 Å². The predicted octanol–water partition coefficient (Wildman–Crippen LogP) is 23.1. The minimum atomic E-state index is -0.381. The molecule has 0 unspecified atom stereocenters. The van der Waals surface area contributed by atoms with E-state index in [2.05, 4.69) is 338 Å². The molecule has 6 nitrogen and oxygen atoms in total. The molecule has 1 saturated heterocycles. The summed E-state index contributed by atoms with van der Waals surface area (Å²) < 4.78 is 18.3. The van der Waals surface area contributed by atoms with E-state index in [9.17, 15) is 0 Å². The minimum absolute atomic E-state index is 0.362. The first kappa shape index (κ1) is 56.5. The fourth-order valence-corrected chi connectivity index (χ4v) is 15.7. The maximum Gasteiger partial charge on any atom is 0.494 e. The summed E-state index contributed by atoms with van der Waals surface area (Å²) in [5, 5.41) is 23.1. The third-order valence-corrected chi connectivity index (χ3v) is 21.3. The molecule has 20 aromatic rings. The van der Waals surface area contributed by atoms with Gasteiger partial charge in [-0.05, 0) is 203 Å². The van der Waals surface area contributed by atoms with Gasteiger partial charge in [-0.2, -0.15) is 0 Å².